The number of phenolic OH excluding ortho intramolecular Hbond substituents is 2. The van der Waals surface area contributed by atoms with Crippen LogP contribution in [0.1, 0.15) is 28.7 Å². The van der Waals surface area contributed by atoms with Gasteiger partial charge in [-0.05, 0) is 6.92 Å². The highest BCUT2D eigenvalue weighted by Crippen LogP contribution is 2.53. The van der Waals surface area contributed by atoms with Crippen molar-refractivity contribution in [2.45, 2.75) is 24.8 Å². The molecule has 13 heteroatoms. The molecule has 1 aromatic rings. The van der Waals surface area contributed by atoms with Gasteiger partial charge in [-0.1, -0.05) is 0 Å². The highest BCUT2D eigenvalue weighted by Gasteiger charge is 2.56. The van der Waals surface area contributed by atoms with Gasteiger partial charge in [-0.3, -0.25) is 4.55 Å². The second-order valence-electron chi connectivity index (χ2n) is 4.28. The van der Waals surface area contributed by atoms with Crippen LogP contribution < -0.4 is 0 Å². The summed E-state index contributed by atoms with van der Waals surface area (Å²) in [6.45, 7) is 0.459. The Morgan fingerprint density at radius 2 is 1.39 bits per heavy atom. The first-order chi connectivity index (χ1) is 10.0. The number of halogens is 7. The highest BCUT2D eigenvalue weighted by atomic mass is 32.2. The zero-order valence-corrected chi connectivity index (χ0v) is 11.6. The van der Waals surface area contributed by atoms with E-state index in [0.717, 1.165) is 0 Å². The van der Waals surface area contributed by atoms with E-state index in [-0.39, 0.29) is 0 Å². The molecule has 0 radical (unpaired) electrons. The minimum atomic E-state index is -6.52. The summed E-state index contributed by atoms with van der Waals surface area (Å²) in [6, 6.07) is 0. The van der Waals surface area contributed by atoms with E-state index in [4.69, 9.17) is 4.55 Å². The Morgan fingerprint density at radius 3 is 1.70 bits per heavy atom. The molecule has 0 saturated carbocycles. The molecule has 0 fully saturated rings. The van der Waals surface area contributed by atoms with Gasteiger partial charge < -0.3 is 10.2 Å². The fourth-order valence-corrected chi connectivity index (χ4v) is 2.28. The molecule has 0 unspecified atom stereocenters. The van der Waals surface area contributed by atoms with Crippen LogP contribution in [0, 0.1) is 6.92 Å². The van der Waals surface area contributed by atoms with Gasteiger partial charge in [0.2, 0.25) is 0 Å². The van der Waals surface area contributed by atoms with Crippen LogP contribution in [0.15, 0.2) is 0 Å². The zero-order valence-electron chi connectivity index (χ0n) is 10.8. The van der Waals surface area contributed by atoms with Gasteiger partial charge in [-0.15, -0.1) is 0 Å². The number of hydrogen-bond donors (Lipinski definition) is 3. The van der Waals surface area contributed by atoms with Gasteiger partial charge in [-0.25, -0.2) is 8.78 Å². The zero-order chi connectivity index (χ0) is 18.5. The second kappa shape index (κ2) is 5.40. The van der Waals surface area contributed by atoms with Crippen molar-refractivity contribution in [1.82, 2.24) is 0 Å². The summed E-state index contributed by atoms with van der Waals surface area (Å²) in [5.74, 6) is -4.52. The van der Waals surface area contributed by atoms with Crippen molar-refractivity contribution < 1.29 is 53.9 Å². The topological polar surface area (TPSA) is 94.8 Å². The summed E-state index contributed by atoms with van der Waals surface area (Å²) in [5, 5.41) is 13.0. The van der Waals surface area contributed by atoms with Crippen LogP contribution in [-0.2, 0) is 21.5 Å². The lowest BCUT2D eigenvalue weighted by atomic mass is 9.95. The molecule has 0 aromatic heterocycles. The average Bonchev–Trinajstić information content (AvgIpc) is 2.29. The van der Waals surface area contributed by atoms with Crippen LogP contribution in [0.3, 0.4) is 0 Å². The fraction of sp³-hybridized carbons (Fsp3) is 0.400. The van der Waals surface area contributed by atoms with Gasteiger partial charge >= 0.3 is 21.5 Å². The maximum absolute atomic E-state index is 13.6. The molecule has 0 amide bonds. The lowest BCUT2D eigenvalue weighted by Gasteiger charge is -2.24. The van der Waals surface area contributed by atoms with Crippen molar-refractivity contribution in [2.24, 2.45) is 0 Å². The maximum Gasteiger partial charge on any atom is 0.420 e. The third kappa shape index (κ3) is 3.02. The van der Waals surface area contributed by atoms with Crippen LogP contribution >= 0.6 is 0 Å². The molecule has 1 rings (SSSR count). The monoisotopic (exact) mass is 372 g/mol. The number of hydrogen-bond acceptors (Lipinski definition) is 4. The fourth-order valence-electron chi connectivity index (χ4n) is 1.82. The number of phenols is 2. The normalized spacial score (nSPS) is 13.7. The van der Waals surface area contributed by atoms with Gasteiger partial charge in [-0.2, -0.15) is 30.4 Å². The first-order valence-electron chi connectivity index (χ1n) is 5.34. The van der Waals surface area contributed by atoms with E-state index in [2.05, 4.69) is 0 Å². The molecule has 0 atom stereocenters. The molecule has 0 saturated heterocycles. The number of rotatable bonds is 3. The van der Waals surface area contributed by atoms with E-state index in [1.165, 1.54) is 0 Å². The molecule has 0 aliphatic rings. The number of aromatic hydroxyl groups is 2. The summed E-state index contributed by atoms with van der Waals surface area (Å²) >= 11 is 0. The molecule has 0 heterocycles. The van der Waals surface area contributed by atoms with Crippen molar-refractivity contribution in [3.8, 4) is 11.5 Å². The third-order valence-electron chi connectivity index (χ3n) is 2.85. The van der Waals surface area contributed by atoms with E-state index >= 15 is 0 Å². The second-order valence-corrected chi connectivity index (χ2v) is 5.74. The number of alkyl halides is 7. The Hall–Kier alpha value is -1.76. The van der Waals surface area contributed by atoms with Gasteiger partial charge in [0.25, 0.3) is 6.43 Å². The lowest BCUT2D eigenvalue weighted by Crippen LogP contribution is -2.29. The molecule has 5 nitrogen and oxygen atoms in total. The summed E-state index contributed by atoms with van der Waals surface area (Å²) < 4.78 is 121. The molecule has 0 spiro atoms. The standard InChI is InChI=1S/C10H7F7O5S/c1-2-3(8(11)12)7(19)4(9(13,14)15)5(6(2)18)10(16,17)23(20,21)22/h8,18-19H,1H3,(H,20,21,22). The summed E-state index contributed by atoms with van der Waals surface area (Å²) in [6.07, 6.45) is -9.74. The highest BCUT2D eigenvalue weighted by molar-refractivity contribution is 7.86. The van der Waals surface area contributed by atoms with E-state index in [0.29, 0.717) is 6.92 Å². The van der Waals surface area contributed by atoms with Crippen LogP contribution in [0.5, 0.6) is 11.5 Å². The Kier molecular flexibility index (Phi) is 4.53. The summed E-state index contributed by atoms with van der Waals surface area (Å²) in [4.78, 5) is 0. The summed E-state index contributed by atoms with van der Waals surface area (Å²) in [5.41, 5.74) is -8.74. The molecule has 0 aliphatic carbocycles. The van der Waals surface area contributed by atoms with E-state index in [1.807, 2.05) is 0 Å². The first kappa shape index (κ1) is 19.3. The quantitative estimate of drug-likeness (QED) is 0.430. The van der Waals surface area contributed by atoms with Crippen molar-refractivity contribution in [3.63, 3.8) is 0 Å². The lowest BCUT2D eigenvalue weighted by molar-refractivity contribution is -0.141. The Labute approximate surface area is 123 Å². The van der Waals surface area contributed by atoms with Crippen molar-refractivity contribution in [1.29, 1.82) is 0 Å². The SMILES string of the molecule is Cc1c(O)c(C(F)(F)S(=O)(=O)O)c(C(F)(F)F)c(O)c1C(F)F. The molecule has 1 aromatic carbocycles. The van der Waals surface area contributed by atoms with Crippen LogP contribution in [0.25, 0.3) is 0 Å². The average molecular weight is 372 g/mol. The van der Waals surface area contributed by atoms with E-state index < -0.39 is 61.7 Å². The molecule has 132 valence electrons. The van der Waals surface area contributed by atoms with E-state index in [1.54, 1.807) is 0 Å². The van der Waals surface area contributed by atoms with Crippen LogP contribution in [0.2, 0.25) is 0 Å². The van der Waals surface area contributed by atoms with Crippen molar-refractivity contribution in [3.05, 3.63) is 22.3 Å². The van der Waals surface area contributed by atoms with Crippen LogP contribution in [-0.4, -0.2) is 23.2 Å². The van der Waals surface area contributed by atoms with E-state index in [9.17, 15) is 49.4 Å². The minimum Gasteiger partial charge on any atom is -0.507 e. The predicted octanol–water partition coefficient (Wildman–Crippen LogP) is 3.30. The molecule has 3 N–H and O–H groups in total. The smallest absolute Gasteiger partial charge is 0.420 e. The Balaban J connectivity index is 4.15. The minimum absolute atomic E-state index is 0.459. The molecule has 0 bridgehead atoms. The molecule has 23 heavy (non-hydrogen) atoms. The molecule has 0 aliphatic heterocycles. The Morgan fingerprint density at radius 1 is 0.957 bits per heavy atom. The maximum atomic E-state index is 13.6. The summed E-state index contributed by atoms with van der Waals surface area (Å²) in [7, 11) is -6.52. The van der Waals surface area contributed by atoms with Crippen molar-refractivity contribution >= 4 is 10.1 Å². The molecular formula is C10H7F7O5S. The number of benzene rings is 1. The predicted molar refractivity (Wildman–Crippen MR) is 59.9 cm³/mol. The molecular weight excluding hydrogens is 365 g/mol. The van der Waals surface area contributed by atoms with Crippen LogP contribution in [0.4, 0.5) is 30.7 Å². The van der Waals surface area contributed by atoms with Gasteiger partial charge in [0.1, 0.15) is 17.1 Å². The largest absolute Gasteiger partial charge is 0.507 e. The Bertz CT molecular complexity index is 739. The third-order valence-corrected chi connectivity index (χ3v) is 3.71. The first-order valence-corrected chi connectivity index (χ1v) is 6.78. The van der Waals surface area contributed by atoms with Gasteiger partial charge in [0.15, 0.2) is 0 Å². The van der Waals surface area contributed by atoms with Gasteiger partial charge in [0.05, 0.1) is 11.1 Å². The van der Waals surface area contributed by atoms with Crippen molar-refractivity contribution in [2.75, 3.05) is 0 Å². The van der Waals surface area contributed by atoms with Gasteiger partial charge in [0, 0.05) is 5.56 Å².